The fourth-order valence-corrected chi connectivity index (χ4v) is 1.69. The molecule has 0 bridgehead atoms. The fraction of sp³-hybridized carbons (Fsp3) is 0.143. The molecule has 2 aromatic carbocycles. The molecule has 88 valence electrons. The summed E-state index contributed by atoms with van der Waals surface area (Å²) < 4.78 is 13.3. The summed E-state index contributed by atoms with van der Waals surface area (Å²) >= 11 is 0. The van der Waals surface area contributed by atoms with E-state index in [4.69, 9.17) is 5.73 Å². The minimum Gasteiger partial charge on any atom is -0.396 e. The summed E-state index contributed by atoms with van der Waals surface area (Å²) in [6, 6.07) is 14.9. The van der Waals surface area contributed by atoms with E-state index in [1.165, 1.54) is 6.07 Å². The zero-order valence-electron chi connectivity index (χ0n) is 9.65. The Kier molecular flexibility index (Phi) is 3.28. The Labute approximate surface area is 100 Å². The molecule has 2 nitrogen and oxygen atoms in total. The van der Waals surface area contributed by atoms with Crippen molar-refractivity contribution in [2.45, 2.75) is 13.0 Å². The molecule has 0 fully saturated rings. The molecule has 0 radical (unpaired) electrons. The number of hydrogen-bond donors (Lipinski definition) is 2. The van der Waals surface area contributed by atoms with Crippen molar-refractivity contribution in [2.75, 3.05) is 11.1 Å². The van der Waals surface area contributed by atoms with Crippen LogP contribution in [0.25, 0.3) is 0 Å². The van der Waals surface area contributed by atoms with Gasteiger partial charge in [-0.2, -0.15) is 0 Å². The molecule has 0 aliphatic heterocycles. The molecule has 1 atom stereocenters. The van der Waals surface area contributed by atoms with Crippen LogP contribution in [-0.4, -0.2) is 0 Å². The normalized spacial score (nSPS) is 12.1. The maximum Gasteiger partial charge on any atom is 0.148 e. The van der Waals surface area contributed by atoms with Gasteiger partial charge in [-0.05, 0) is 30.7 Å². The van der Waals surface area contributed by atoms with Crippen molar-refractivity contribution in [2.24, 2.45) is 0 Å². The molecule has 0 saturated carbocycles. The van der Waals surface area contributed by atoms with E-state index in [0.29, 0.717) is 0 Å². The van der Waals surface area contributed by atoms with Gasteiger partial charge in [0.2, 0.25) is 0 Å². The van der Waals surface area contributed by atoms with Crippen molar-refractivity contribution in [3.8, 4) is 0 Å². The average molecular weight is 230 g/mol. The van der Waals surface area contributed by atoms with Gasteiger partial charge in [0, 0.05) is 11.7 Å². The molecule has 2 aromatic rings. The number of nitrogen functional groups attached to an aromatic ring is 1. The van der Waals surface area contributed by atoms with Gasteiger partial charge < -0.3 is 11.1 Å². The van der Waals surface area contributed by atoms with Crippen LogP contribution in [0.15, 0.2) is 48.5 Å². The van der Waals surface area contributed by atoms with E-state index in [1.54, 1.807) is 12.1 Å². The highest BCUT2D eigenvalue weighted by Crippen LogP contribution is 2.21. The Morgan fingerprint density at radius 1 is 1.12 bits per heavy atom. The summed E-state index contributed by atoms with van der Waals surface area (Å²) in [6.07, 6.45) is 0. The van der Waals surface area contributed by atoms with E-state index in [1.807, 2.05) is 37.3 Å². The van der Waals surface area contributed by atoms with Crippen LogP contribution < -0.4 is 11.1 Å². The Morgan fingerprint density at radius 2 is 1.82 bits per heavy atom. The third-order valence-electron chi connectivity index (χ3n) is 2.68. The second-order valence-corrected chi connectivity index (χ2v) is 4.01. The van der Waals surface area contributed by atoms with E-state index in [0.717, 1.165) is 11.3 Å². The second kappa shape index (κ2) is 4.87. The van der Waals surface area contributed by atoms with Gasteiger partial charge in [0.15, 0.2) is 0 Å². The molecule has 0 aliphatic carbocycles. The molecule has 0 spiro atoms. The third kappa shape index (κ3) is 2.75. The van der Waals surface area contributed by atoms with E-state index >= 15 is 0 Å². The van der Waals surface area contributed by atoms with Crippen LogP contribution in [0.5, 0.6) is 0 Å². The lowest BCUT2D eigenvalue weighted by Gasteiger charge is -2.15. The first-order valence-corrected chi connectivity index (χ1v) is 5.53. The van der Waals surface area contributed by atoms with Gasteiger partial charge in [-0.1, -0.05) is 30.3 Å². The van der Waals surface area contributed by atoms with Crippen LogP contribution in [0.1, 0.15) is 18.5 Å². The zero-order chi connectivity index (χ0) is 12.3. The fourth-order valence-electron chi connectivity index (χ4n) is 1.69. The summed E-state index contributed by atoms with van der Waals surface area (Å²) in [5.41, 5.74) is 7.48. The molecule has 3 heteroatoms. The lowest BCUT2D eigenvalue weighted by atomic mass is 10.1. The Hall–Kier alpha value is -2.03. The molecule has 1 unspecified atom stereocenters. The number of nitrogens with one attached hydrogen (secondary N) is 1. The molecule has 17 heavy (non-hydrogen) atoms. The summed E-state index contributed by atoms with van der Waals surface area (Å²) in [5.74, 6) is -0.393. The number of anilines is 2. The number of nitrogens with two attached hydrogens (primary N) is 1. The maximum atomic E-state index is 13.3. The molecule has 0 amide bonds. The van der Waals surface area contributed by atoms with Crippen LogP contribution in [0, 0.1) is 5.82 Å². The standard InChI is InChI=1S/C14H15FN2/c1-10(11-5-3-2-4-6-11)17-12-7-8-14(16)13(15)9-12/h2-10,17H,16H2,1H3. The quantitative estimate of drug-likeness (QED) is 0.791. The number of halogens is 1. The SMILES string of the molecule is CC(Nc1ccc(N)c(F)c1)c1ccccc1. The summed E-state index contributed by atoms with van der Waals surface area (Å²) in [5, 5.41) is 3.23. The number of rotatable bonds is 3. The molecule has 0 heterocycles. The largest absolute Gasteiger partial charge is 0.396 e. The molecule has 0 aromatic heterocycles. The van der Waals surface area contributed by atoms with E-state index in [2.05, 4.69) is 5.32 Å². The maximum absolute atomic E-state index is 13.3. The molecule has 0 saturated heterocycles. The Bertz CT molecular complexity index is 497. The first kappa shape index (κ1) is 11.5. The van der Waals surface area contributed by atoms with Crippen molar-refractivity contribution in [3.05, 3.63) is 59.9 Å². The van der Waals surface area contributed by atoms with Crippen molar-refractivity contribution >= 4 is 11.4 Å². The van der Waals surface area contributed by atoms with Gasteiger partial charge in [-0.3, -0.25) is 0 Å². The monoisotopic (exact) mass is 230 g/mol. The van der Waals surface area contributed by atoms with Gasteiger partial charge >= 0.3 is 0 Å². The van der Waals surface area contributed by atoms with E-state index < -0.39 is 5.82 Å². The first-order chi connectivity index (χ1) is 8.16. The number of hydrogen-bond acceptors (Lipinski definition) is 2. The van der Waals surface area contributed by atoms with Crippen LogP contribution in [0.2, 0.25) is 0 Å². The minimum atomic E-state index is -0.393. The molecular formula is C14H15FN2. The van der Waals surface area contributed by atoms with Crippen LogP contribution in [-0.2, 0) is 0 Å². The van der Waals surface area contributed by atoms with Gasteiger partial charge in [-0.25, -0.2) is 4.39 Å². The molecular weight excluding hydrogens is 215 g/mol. The number of benzene rings is 2. The zero-order valence-corrected chi connectivity index (χ0v) is 9.65. The van der Waals surface area contributed by atoms with Crippen molar-refractivity contribution in [1.82, 2.24) is 0 Å². The van der Waals surface area contributed by atoms with Crippen LogP contribution >= 0.6 is 0 Å². The van der Waals surface area contributed by atoms with Crippen molar-refractivity contribution in [1.29, 1.82) is 0 Å². The average Bonchev–Trinajstić information content (AvgIpc) is 2.35. The molecule has 2 rings (SSSR count). The minimum absolute atomic E-state index is 0.124. The molecule has 3 N–H and O–H groups in total. The van der Waals surface area contributed by atoms with Gasteiger partial charge in [0.1, 0.15) is 5.82 Å². The van der Waals surface area contributed by atoms with Crippen molar-refractivity contribution in [3.63, 3.8) is 0 Å². The highest BCUT2D eigenvalue weighted by molar-refractivity contribution is 5.53. The van der Waals surface area contributed by atoms with Gasteiger partial charge in [0.05, 0.1) is 5.69 Å². The van der Waals surface area contributed by atoms with Gasteiger partial charge in [-0.15, -0.1) is 0 Å². The van der Waals surface area contributed by atoms with E-state index in [-0.39, 0.29) is 11.7 Å². The summed E-state index contributed by atoms with van der Waals surface area (Å²) in [6.45, 7) is 2.03. The Balaban J connectivity index is 2.13. The first-order valence-electron chi connectivity index (χ1n) is 5.53. The highest BCUT2D eigenvalue weighted by Gasteiger charge is 2.06. The van der Waals surface area contributed by atoms with Crippen LogP contribution in [0.4, 0.5) is 15.8 Å². The smallest absolute Gasteiger partial charge is 0.148 e. The van der Waals surface area contributed by atoms with Crippen LogP contribution in [0.3, 0.4) is 0 Å². The topological polar surface area (TPSA) is 38.0 Å². The predicted octanol–water partition coefficient (Wildman–Crippen LogP) is 3.58. The lowest BCUT2D eigenvalue weighted by molar-refractivity contribution is 0.632. The predicted molar refractivity (Wildman–Crippen MR) is 69.3 cm³/mol. The summed E-state index contributed by atoms with van der Waals surface area (Å²) in [7, 11) is 0. The van der Waals surface area contributed by atoms with Gasteiger partial charge in [0.25, 0.3) is 0 Å². The second-order valence-electron chi connectivity index (χ2n) is 4.01. The third-order valence-corrected chi connectivity index (χ3v) is 2.68. The van der Waals surface area contributed by atoms with Crippen molar-refractivity contribution < 1.29 is 4.39 Å². The lowest BCUT2D eigenvalue weighted by Crippen LogP contribution is -2.06. The Morgan fingerprint density at radius 3 is 2.47 bits per heavy atom. The van der Waals surface area contributed by atoms with E-state index in [9.17, 15) is 4.39 Å². The summed E-state index contributed by atoms with van der Waals surface area (Å²) in [4.78, 5) is 0. The highest BCUT2D eigenvalue weighted by atomic mass is 19.1. The molecule has 0 aliphatic rings.